The van der Waals surface area contributed by atoms with Crippen molar-refractivity contribution in [2.45, 2.75) is 31.3 Å². The van der Waals surface area contributed by atoms with Gasteiger partial charge in [-0.25, -0.2) is 4.98 Å². The number of ketones is 1. The predicted molar refractivity (Wildman–Crippen MR) is 145 cm³/mol. The number of amides is 1. The number of nitrogens with two attached hydrogens (primary N) is 1. The largest absolute Gasteiger partial charge is 0.486 e. The molecule has 9 heteroatoms. The van der Waals surface area contributed by atoms with Gasteiger partial charge in [0.2, 0.25) is 5.95 Å². The van der Waals surface area contributed by atoms with E-state index in [1.54, 1.807) is 43.5 Å². The molecule has 0 bridgehead atoms. The van der Waals surface area contributed by atoms with E-state index < -0.39 is 11.5 Å². The molecule has 202 valence electrons. The molecule has 8 nitrogen and oxygen atoms in total. The van der Waals surface area contributed by atoms with E-state index in [4.69, 9.17) is 15.2 Å². The van der Waals surface area contributed by atoms with Crippen LogP contribution in [-0.4, -0.2) is 67.1 Å². The molecule has 1 spiro atoms. The number of piperidine rings is 1. The summed E-state index contributed by atoms with van der Waals surface area (Å²) >= 11 is 0. The van der Waals surface area contributed by atoms with Crippen LogP contribution in [0.15, 0.2) is 42.5 Å². The van der Waals surface area contributed by atoms with Crippen LogP contribution in [0.25, 0.3) is 22.3 Å². The van der Waals surface area contributed by atoms with Gasteiger partial charge in [-0.1, -0.05) is 18.2 Å². The number of methoxy groups -OCH3 is 1. The summed E-state index contributed by atoms with van der Waals surface area (Å²) in [4.78, 5) is 31.8. The van der Waals surface area contributed by atoms with Crippen LogP contribution >= 0.6 is 0 Å². The van der Waals surface area contributed by atoms with Crippen molar-refractivity contribution >= 4 is 17.5 Å². The Kier molecular flexibility index (Phi) is 6.56. The highest BCUT2D eigenvalue weighted by molar-refractivity contribution is 6.01. The molecule has 39 heavy (non-hydrogen) atoms. The second-order valence-corrected chi connectivity index (χ2v) is 10.6. The molecule has 0 aliphatic carbocycles. The molecule has 0 atom stereocenters. The maximum Gasteiger partial charge on any atom is 0.251 e. The number of rotatable bonds is 5. The highest BCUT2D eigenvalue weighted by Crippen LogP contribution is 2.41. The third kappa shape index (κ3) is 4.77. The Morgan fingerprint density at radius 2 is 1.82 bits per heavy atom. The van der Waals surface area contributed by atoms with E-state index >= 15 is 4.39 Å². The van der Waals surface area contributed by atoms with Gasteiger partial charge in [0, 0.05) is 62.8 Å². The molecule has 0 saturated carbocycles. The minimum absolute atomic E-state index is 0.000409. The first-order chi connectivity index (χ1) is 18.9. The van der Waals surface area contributed by atoms with Gasteiger partial charge in [-0.3, -0.25) is 9.59 Å². The lowest BCUT2D eigenvalue weighted by molar-refractivity contribution is -0.0130. The molecule has 3 aliphatic heterocycles. The van der Waals surface area contributed by atoms with Crippen LogP contribution in [0.4, 0.5) is 10.2 Å². The number of nitrogens with zero attached hydrogens (tertiary/aromatic N) is 2. The summed E-state index contributed by atoms with van der Waals surface area (Å²) in [6.45, 7) is 3.81. The molecule has 0 unspecified atom stereocenters. The van der Waals surface area contributed by atoms with E-state index in [2.05, 4.69) is 15.2 Å². The van der Waals surface area contributed by atoms with Gasteiger partial charge >= 0.3 is 0 Å². The summed E-state index contributed by atoms with van der Waals surface area (Å²) in [5, 5.41) is 2.83. The molecule has 4 heterocycles. The normalized spacial score (nSPS) is 18.3. The predicted octanol–water partition coefficient (Wildman–Crippen LogP) is 3.87. The molecule has 0 radical (unpaired) electrons. The van der Waals surface area contributed by atoms with Gasteiger partial charge in [0.25, 0.3) is 5.91 Å². The first-order valence-corrected chi connectivity index (χ1v) is 13.3. The maximum atomic E-state index is 15.1. The molecular formula is C30H31FN4O4. The zero-order valence-electron chi connectivity index (χ0n) is 21.9. The van der Waals surface area contributed by atoms with Gasteiger partial charge < -0.3 is 25.4 Å². The lowest BCUT2D eigenvalue weighted by atomic mass is 9.82. The van der Waals surface area contributed by atoms with Gasteiger partial charge in [-0.2, -0.15) is 4.39 Å². The number of nitrogen functional groups attached to an aromatic ring is 1. The van der Waals surface area contributed by atoms with E-state index in [-0.39, 0.29) is 23.1 Å². The Labute approximate surface area is 226 Å². The topological polar surface area (TPSA) is 107 Å². The van der Waals surface area contributed by atoms with Crippen LogP contribution in [0.2, 0.25) is 0 Å². The van der Waals surface area contributed by atoms with Crippen molar-refractivity contribution in [3.05, 3.63) is 65.1 Å². The van der Waals surface area contributed by atoms with E-state index in [9.17, 15) is 9.59 Å². The van der Waals surface area contributed by atoms with Gasteiger partial charge in [0.15, 0.2) is 5.78 Å². The second kappa shape index (κ2) is 10.1. The first-order valence-electron chi connectivity index (χ1n) is 13.3. The third-order valence-electron chi connectivity index (χ3n) is 8.13. The van der Waals surface area contributed by atoms with Crippen molar-refractivity contribution in [1.82, 2.24) is 15.2 Å². The molecular weight excluding hydrogens is 499 g/mol. The summed E-state index contributed by atoms with van der Waals surface area (Å²) in [6.07, 6.45) is 2.55. The number of Topliss-reactive ketones (excluding diaryl/α,β-unsaturated/α-hetero) is 1. The molecule has 2 aromatic carbocycles. The number of benzene rings is 2. The van der Waals surface area contributed by atoms with Crippen molar-refractivity contribution in [2.24, 2.45) is 0 Å². The monoisotopic (exact) mass is 530 g/mol. The number of ether oxygens (including phenoxy) is 2. The average Bonchev–Trinajstić information content (AvgIpc) is 2.93. The molecule has 3 aliphatic rings. The number of pyridine rings is 1. The molecule has 1 amide bonds. The first kappa shape index (κ1) is 25.5. The van der Waals surface area contributed by atoms with E-state index in [1.165, 1.54) is 0 Å². The number of carbonyl (C=O) groups is 2. The van der Waals surface area contributed by atoms with Crippen molar-refractivity contribution in [1.29, 1.82) is 0 Å². The van der Waals surface area contributed by atoms with Crippen LogP contribution in [0.3, 0.4) is 0 Å². The molecule has 6 rings (SSSR count). The molecule has 1 aromatic heterocycles. The van der Waals surface area contributed by atoms with Gasteiger partial charge in [-0.15, -0.1) is 0 Å². The standard InChI is InChI=1S/C30H31FN4O4/c1-38-13-12-35-10-7-30(8-11-35)17-25(36)24-15-19(3-5-26(24)39-30)22-16-23(28(32)34-27(22)31)18-2-4-21-20(14-18)6-9-33-29(21)37/h2-5,14-16H,6-13,17H2,1H3,(H2,32,34)(H,33,37). The maximum absolute atomic E-state index is 15.1. The highest BCUT2D eigenvalue weighted by atomic mass is 19.1. The fourth-order valence-electron chi connectivity index (χ4n) is 5.88. The van der Waals surface area contributed by atoms with Crippen molar-refractivity contribution in [3.63, 3.8) is 0 Å². The second-order valence-electron chi connectivity index (χ2n) is 10.6. The van der Waals surface area contributed by atoms with Crippen molar-refractivity contribution < 1.29 is 23.5 Å². The van der Waals surface area contributed by atoms with Crippen LogP contribution in [0.1, 0.15) is 45.5 Å². The Hall–Kier alpha value is -3.82. The summed E-state index contributed by atoms with van der Waals surface area (Å²) in [6, 6.07) is 12.3. The summed E-state index contributed by atoms with van der Waals surface area (Å²) in [7, 11) is 1.70. The molecule has 1 saturated heterocycles. The number of hydrogen-bond donors (Lipinski definition) is 2. The minimum Gasteiger partial charge on any atom is -0.486 e. The highest BCUT2D eigenvalue weighted by Gasteiger charge is 2.43. The number of halogens is 1. The average molecular weight is 531 g/mol. The Balaban J connectivity index is 1.29. The Morgan fingerprint density at radius 3 is 2.62 bits per heavy atom. The fraction of sp³-hybridized carbons (Fsp3) is 0.367. The van der Waals surface area contributed by atoms with E-state index in [0.29, 0.717) is 54.0 Å². The summed E-state index contributed by atoms with van der Waals surface area (Å²) in [5.74, 6) is -0.212. The van der Waals surface area contributed by atoms with Crippen LogP contribution in [-0.2, 0) is 11.2 Å². The fourth-order valence-corrected chi connectivity index (χ4v) is 5.88. The van der Waals surface area contributed by atoms with Crippen molar-refractivity contribution in [2.75, 3.05) is 45.6 Å². The minimum atomic E-state index is -0.711. The van der Waals surface area contributed by atoms with Crippen LogP contribution < -0.4 is 15.8 Å². The number of hydrogen-bond acceptors (Lipinski definition) is 7. The number of nitrogens with one attached hydrogen (secondary N) is 1. The number of likely N-dealkylation sites (tertiary alicyclic amines) is 1. The number of aromatic nitrogens is 1. The van der Waals surface area contributed by atoms with Crippen LogP contribution in [0.5, 0.6) is 5.75 Å². The van der Waals surface area contributed by atoms with Gasteiger partial charge in [0.05, 0.1) is 18.6 Å². The van der Waals surface area contributed by atoms with Gasteiger partial charge in [0.1, 0.15) is 17.2 Å². The number of anilines is 1. The zero-order chi connectivity index (χ0) is 27.1. The third-order valence-corrected chi connectivity index (χ3v) is 8.13. The smallest absolute Gasteiger partial charge is 0.251 e. The van der Waals surface area contributed by atoms with Crippen LogP contribution in [0, 0.1) is 5.95 Å². The Bertz CT molecular complexity index is 1470. The molecule has 3 N–H and O–H groups in total. The lowest BCUT2D eigenvalue weighted by Crippen LogP contribution is -2.51. The number of fused-ring (bicyclic) bond motifs is 2. The lowest BCUT2D eigenvalue weighted by Gasteiger charge is -2.44. The van der Waals surface area contributed by atoms with E-state index in [0.717, 1.165) is 43.6 Å². The quantitative estimate of drug-likeness (QED) is 0.483. The molecule has 1 fully saturated rings. The summed E-state index contributed by atoms with van der Waals surface area (Å²) in [5.41, 5.74) is 9.74. The molecule has 3 aromatic rings. The number of carbonyl (C=O) groups excluding carboxylic acids is 2. The zero-order valence-corrected chi connectivity index (χ0v) is 21.9. The Morgan fingerprint density at radius 1 is 1.05 bits per heavy atom. The summed E-state index contributed by atoms with van der Waals surface area (Å²) < 4.78 is 26.7. The van der Waals surface area contributed by atoms with E-state index in [1.807, 2.05) is 6.07 Å². The van der Waals surface area contributed by atoms with Crippen molar-refractivity contribution in [3.8, 4) is 28.0 Å². The van der Waals surface area contributed by atoms with Gasteiger partial charge in [-0.05, 0) is 47.4 Å². The SMILES string of the molecule is COCCN1CCC2(CC1)CC(=O)c1cc(-c3cc(-c4ccc5c(c4)CCNC5=O)c(N)nc3F)ccc1O2.